The number of hydrogen-bond acceptors (Lipinski definition) is 2. The van der Waals surface area contributed by atoms with Crippen molar-refractivity contribution in [3.63, 3.8) is 0 Å². The highest BCUT2D eigenvalue weighted by Gasteiger charge is 2.20. The molecule has 3 rings (SSSR count). The Labute approximate surface area is 164 Å². The zero-order valence-electron chi connectivity index (χ0n) is 17.1. The molecule has 4 nitrogen and oxygen atoms in total. The highest BCUT2D eigenvalue weighted by Crippen LogP contribution is 2.20. The summed E-state index contributed by atoms with van der Waals surface area (Å²) in [7, 11) is 6.19. The number of nitrogens with one attached hydrogen (secondary N) is 1. The summed E-state index contributed by atoms with van der Waals surface area (Å²) >= 11 is 0. The van der Waals surface area contributed by atoms with Gasteiger partial charge in [0.25, 0.3) is 0 Å². The Kier molecular flexibility index (Phi) is 7.13. The van der Waals surface area contributed by atoms with E-state index in [4.69, 9.17) is 4.74 Å². The quantitative estimate of drug-likeness (QED) is 0.742. The number of piperidine rings is 1. The van der Waals surface area contributed by atoms with Gasteiger partial charge >= 0.3 is 0 Å². The molecule has 146 valence electrons. The SMILES string of the molecule is COc1cccc([C@H](C[NH2+]Cc2ccc(N3CCCCC3)cc2)[NH+](C)C)c1. The van der Waals surface area contributed by atoms with Gasteiger partial charge in [-0.05, 0) is 43.5 Å². The summed E-state index contributed by atoms with van der Waals surface area (Å²) < 4.78 is 5.40. The number of ether oxygens (including phenoxy) is 1. The van der Waals surface area contributed by atoms with Gasteiger partial charge in [-0.2, -0.15) is 0 Å². The molecule has 0 aliphatic carbocycles. The second-order valence-corrected chi connectivity index (χ2v) is 7.85. The number of anilines is 1. The molecule has 1 fully saturated rings. The Balaban J connectivity index is 1.55. The molecule has 1 atom stereocenters. The van der Waals surface area contributed by atoms with Gasteiger partial charge in [-0.1, -0.05) is 24.3 Å². The van der Waals surface area contributed by atoms with Crippen LogP contribution in [0.2, 0.25) is 0 Å². The van der Waals surface area contributed by atoms with Crippen LogP contribution >= 0.6 is 0 Å². The first-order valence-corrected chi connectivity index (χ1v) is 10.3. The number of benzene rings is 2. The maximum Gasteiger partial charge on any atom is 0.162 e. The summed E-state index contributed by atoms with van der Waals surface area (Å²) in [6.45, 7) is 4.50. The fourth-order valence-corrected chi connectivity index (χ4v) is 3.98. The summed E-state index contributed by atoms with van der Waals surface area (Å²) in [5.74, 6) is 0.937. The van der Waals surface area contributed by atoms with Crippen molar-refractivity contribution in [1.29, 1.82) is 0 Å². The molecular formula is C23H35N3O+2. The zero-order chi connectivity index (χ0) is 19.1. The molecule has 2 aromatic rings. The van der Waals surface area contributed by atoms with Crippen LogP contribution in [-0.2, 0) is 6.54 Å². The third-order valence-corrected chi connectivity index (χ3v) is 5.63. The first kappa shape index (κ1) is 19.7. The summed E-state index contributed by atoms with van der Waals surface area (Å²) in [4.78, 5) is 3.96. The molecule has 0 spiro atoms. The highest BCUT2D eigenvalue weighted by molar-refractivity contribution is 5.47. The van der Waals surface area contributed by atoms with Crippen LogP contribution in [0.15, 0.2) is 48.5 Å². The number of rotatable bonds is 8. The smallest absolute Gasteiger partial charge is 0.162 e. The van der Waals surface area contributed by atoms with Crippen molar-refractivity contribution in [3.05, 3.63) is 59.7 Å². The van der Waals surface area contributed by atoms with Crippen molar-refractivity contribution < 1.29 is 15.0 Å². The van der Waals surface area contributed by atoms with Crippen molar-refractivity contribution in [3.8, 4) is 5.75 Å². The molecule has 3 N–H and O–H groups in total. The van der Waals surface area contributed by atoms with E-state index in [1.54, 1.807) is 7.11 Å². The van der Waals surface area contributed by atoms with Crippen LogP contribution in [0.1, 0.15) is 36.4 Å². The third-order valence-electron chi connectivity index (χ3n) is 5.63. The molecule has 0 unspecified atom stereocenters. The lowest BCUT2D eigenvalue weighted by atomic mass is 10.1. The van der Waals surface area contributed by atoms with Crippen molar-refractivity contribution in [2.75, 3.05) is 45.7 Å². The molecule has 2 aromatic carbocycles. The maximum atomic E-state index is 5.40. The van der Waals surface area contributed by atoms with Gasteiger partial charge in [-0.25, -0.2) is 0 Å². The van der Waals surface area contributed by atoms with E-state index in [-0.39, 0.29) is 0 Å². The minimum absolute atomic E-state index is 0.452. The van der Waals surface area contributed by atoms with E-state index < -0.39 is 0 Å². The number of nitrogens with zero attached hydrogens (tertiary/aromatic N) is 1. The largest absolute Gasteiger partial charge is 0.497 e. The molecule has 1 aliphatic heterocycles. The Bertz CT molecular complexity index is 693. The molecule has 1 saturated heterocycles. The van der Waals surface area contributed by atoms with Gasteiger partial charge in [-0.3, -0.25) is 0 Å². The van der Waals surface area contributed by atoms with Crippen LogP contribution in [0.25, 0.3) is 0 Å². The molecule has 1 aliphatic rings. The predicted molar refractivity (Wildman–Crippen MR) is 112 cm³/mol. The van der Waals surface area contributed by atoms with Gasteiger partial charge in [0.15, 0.2) is 6.04 Å². The summed E-state index contributed by atoms with van der Waals surface area (Å²) in [6, 6.07) is 18.1. The number of quaternary nitrogens is 2. The van der Waals surface area contributed by atoms with Gasteiger partial charge in [0.1, 0.15) is 18.8 Å². The Hall–Kier alpha value is -2.04. The van der Waals surface area contributed by atoms with Crippen molar-refractivity contribution >= 4 is 5.69 Å². The maximum absolute atomic E-state index is 5.40. The normalized spacial score (nSPS) is 15.8. The van der Waals surface area contributed by atoms with Gasteiger partial charge in [0.2, 0.25) is 0 Å². The average molecular weight is 370 g/mol. The number of nitrogens with two attached hydrogens (primary N) is 1. The van der Waals surface area contributed by atoms with Crippen molar-refractivity contribution in [1.82, 2.24) is 0 Å². The van der Waals surface area contributed by atoms with Crippen molar-refractivity contribution in [2.45, 2.75) is 31.8 Å². The predicted octanol–water partition coefficient (Wildman–Crippen LogP) is 1.63. The van der Waals surface area contributed by atoms with Gasteiger partial charge < -0.3 is 19.9 Å². The van der Waals surface area contributed by atoms with Crippen molar-refractivity contribution in [2.24, 2.45) is 0 Å². The van der Waals surface area contributed by atoms with Gasteiger partial charge in [-0.15, -0.1) is 0 Å². The minimum atomic E-state index is 0.452. The van der Waals surface area contributed by atoms with Crippen LogP contribution in [0.5, 0.6) is 5.75 Å². The van der Waals surface area contributed by atoms with Crippen LogP contribution in [-0.4, -0.2) is 40.8 Å². The molecule has 0 amide bonds. The average Bonchev–Trinajstić information content (AvgIpc) is 2.72. The number of methoxy groups -OCH3 is 1. The summed E-state index contributed by atoms with van der Waals surface area (Å²) in [5, 5.41) is 2.42. The second-order valence-electron chi connectivity index (χ2n) is 7.85. The van der Waals surface area contributed by atoms with Crippen LogP contribution in [0.4, 0.5) is 5.69 Å². The Morgan fingerprint density at radius 1 is 1.04 bits per heavy atom. The van der Waals surface area contributed by atoms with Gasteiger partial charge in [0, 0.05) is 29.9 Å². The molecule has 0 saturated carbocycles. The topological polar surface area (TPSA) is 33.5 Å². The zero-order valence-corrected chi connectivity index (χ0v) is 17.1. The summed E-state index contributed by atoms with van der Waals surface area (Å²) in [5.41, 5.74) is 4.12. The molecule has 0 aromatic heterocycles. The lowest BCUT2D eigenvalue weighted by molar-refractivity contribution is -0.910. The third kappa shape index (κ3) is 5.47. The monoisotopic (exact) mass is 369 g/mol. The molecule has 1 heterocycles. The van der Waals surface area contributed by atoms with Gasteiger partial charge in [0.05, 0.1) is 21.2 Å². The van der Waals surface area contributed by atoms with Crippen LogP contribution in [0, 0.1) is 0 Å². The van der Waals surface area contributed by atoms with E-state index in [0.717, 1.165) is 18.8 Å². The molecular weight excluding hydrogens is 334 g/mol. The lowest BCUT2D eigenvalue weighted by Crippen LogP contribution is -3.09. The first-order valence-electron chi connectivity index (χ1n) is 10.3. The molecule has 0 bridgehead atoms. The molecule has 27 heavy (non-hydrogen) atoms. The fraction of sp³-hybridized carbons (Fsp3) is 0.478. The Morgan fingerprint density at radius 2 is 1.78 bits per heavy atom. The minimum Gasteiger partial charge on any atom is -0.497 e. The van der Waals surface area contributed by atoms with E-state index >= 15 is 0 Å². The fourth-order valence-electron chi connectivity index (χ4n) is 3.98. The summed E-state index contributed by atoms with van der Waals surface area (Å²) in [6.07, 6.45) is 4.04. The standard InChI is InChI=1S/C23H33N3O/c1-25(2)23(20-8-7-9-22(16-20)27-3)18-24-17-19-10-12-21(13-11-19)26-14-5-4-6-15-26/h7-13,16,23-24H,4-6,14-15,17-18H2,1-3H3/p+2/t23-/m0/s1. The van der Waals surface area contributed by atoms with Crippen LogP contribution < -0.4 is 19.9 Å². The van der Waals surface area contributed by atoms with E-state index in [2.05, 4.69) is 66.8 Å². The lowest BCUT2D eigenvalue weighted by Gasteiger charge is -2.28. The molecule has 0 radical (unpaired) electrons. The van der Waals surface area contributed by atoms with Crippen LogP contribution in [0.3, 0.4) is 0 Å². The van der Waals surface area contributed by atoms with E-state index in [9.17, 15) is 0 Å². The number of hydrogen-bond donors (Lipinski definition) is 2. The first-order chi connectivity index (χ1) is 13.2. The second kappa shape index (κ2) is 9.77. The van der Waals surface area contributed by atoms with E-state index in [1.165, 1.54) is 54.1 Å². The van der Waals surface area contributed by atoms with E-state index in [0.29, 0.717) is 6.04 Å². The highest BCUT2D eigenvalue weighted by atomic mass is 16.5. The Morgan fingerprint density at radius 3 is 2.44 bits per heavy atom. The van der Waals surface area contributed by atoms with E-state index in [1.807, 2.05) is 6.07 Å². The molecule has 4 heteroatoms. The number of likely N-dealkylation sites (N-methyl/N-ethyl adjacent to an activating group) is 1.